The van der Waals surface area contributed by atoms with Crippen LogP contribution in [0.3, 0.4) is 0 Å². The molecule has 4 heteroatoms. The fraction of sp³-hybridized carbons (Fsp3) is 0.444. The van der Waals surface area contributed by atoms with Crippen LogP contribution in [-0.4, -0.2) is 30.7 Å². The van der Waals surface area contributed by atoms with Crippen molar-refractivity contribution in [3.05, 3.63) is 48.0 Å². The molecule has 2 unspecified atom stereocenters. The van der Waals surface area contributed by atoms with Crippen molar-refractivity contribution in [2.75, 3.05) is 13.2 Å². The number of ether oxygens (including phenoxy) is 2. The summed E-state index contributed by atoms with van der Waals surface area (Å²) in [6.45, 7) is 6.38. The molecule has 3 N–H and O–H groups in total. The zero-order chi connectivity index (χ0) is 16.2. The molecule has 0 saturated heterocycles. The lowest BCUT2D eigenvalue weighted by Crippen LogP contribution is -2.54. The van der Waals surface area contributed by atoms with Crippen molar-refractivity contribution in [2.24, 2.45) is 5.73 Å². The second kappa shape index (κ2) is 7.20. The van der Waals surface area contributed by atoms with E-state index in [0.29, 0.717) is 13.2 Å². The van der Waals surface area contributed by atoms with Gasteiger partial charge >= 0.3 is 0 Å². The fourth-order valence-corrected chi connectivity index (χ4v) is 2.77. The molecule has 0 heterocycles. The largest absolute Gasteiger partial charge is 0.378 e. The quantitative estimate of drug-likeness (QED) is 0.772. The van der Waals surface area contributed by atoms with Gasteiger partial charge in [0.15, 0.2) is 11.9 Å². The topological polar surface area (TPSA) is 64.7 Å². The number of hydrogen-bond donors (Lipinski definition) is 2. The Bertz CT molecular complexity index is 603. The van der Waals surface area contributed by atoms with E-state index in [1.54, 1.807) is 6.92 Å². The van der Waals surface area contributed by atoms with Gasteiger partial charge in [0.1, 0.15) is 0 Å². The maximum Gasteiger partial charge on any atom is 0.192 e. The fourth-order valence-electron chi connectivity index (χ4n) is 2.77. The molecule has 0 fully saturated rings. The molecule has 2 rings (SSSR count). The lowest BCUT2D eigenvalue weighted by Gasteiger charge is -2.39. The second-order valence-electron chi connectivity index (χ2n) is 5.38. The van der Waals surface area contributed by atoms with Gasteiger partial charge in [-0.15, -0.1) is 0 Å². The molecular formula is C18H25NO3. The van der Waals surface area contributed by atoms with E-state index in [1.807, 2.05) is 56.3 Å². The smallest absolute Gasteiger partial charge is 0.192 e. The van der Waals surface area contributed by atoms with E-state index in [4.69, 9.17) is 15.2 Å². The molecule has 4 nitrogen and oxygen atoms in total. The van der Waals surface area contributed by atoms with Gasteiger partial charge in [-0.3, -0.25) is 0 Å². The highest BCUT2D eigenvalue weighted by atomic mass is 16.7. The molecule has 0 bridgehead atoms. The molecule has 0 saturated carbocycles. The van der Waals surface area contributed by atoms with Crippen molar-refractivity contribution >= 4 is 10.8 Å². The Balaban J connectivity index is 2.62. The van der Waals surface area contributed by atoms with Gasteiger partial charge in [0, 0.05) is 19.3 Å². The number of hydrogen-bond acceptors (Lipinski definition) is 4. The van der Waals surface area contributed by atoms with Crippen LogP contribution in [0.25, 0.3) is 10.8 Å². The van der Waals surface area contributed by atoms with Crippen LogP contribution in [0.4, 0.5) is 0 Å². The molecule has 0 aliphatic rings. The summed E-state index contributed by atoms with van der Waals surface area (Å²) >= 11 is 0. The van der Waals surface area contributed by atoms with Crippen molar-refractivity contribution in [3.8, 4) is 0 Å². The first kappa shape index (κ1) is 16.9. The first-order chi connectivity index (χ1) is 10.6. The Kier molecular flexibility index (Phi) is 5.53. The van der Waals surface area contributed by atoms with E-state index in [0.717, 1.165) is 16.3 Å². The Labute approximate surface area is 131 Å². The summed E-state index contributed by atoms with van der Waals surface area (Å²) in [6.07, 6.45) is -0.812. The van der Waals surface area contributed by atoms with E-state index in [1.165, 1.54) is 0 Å². The summed E-state index contributed by atoms with van der Waals surface area (Å²) in [4.78, 5) is 0. The van der Waals surface area contributed by atoms with E-state index in [2.05, 4.69) is 0 Å². The molecule has 22 heavy (non-hydrogen) atoms. The van der Waals surface area contributed by atoms with Crippen LogP contribution >= 0.6 is 0 Å². The minimum atomic E-state index is -1.42. The molecule has 0 radical (unpaired) electrons. The Hall–Kier alpha value is -1.46. The van der Waals surface area contributed by atoms with Crippen LogP contribution in [0, 0.1) is 0 Å². The van der Waals surface area contributed by atoms with Crippen LogP contribution in [0.5, 0.6) is 0 Å². The van der Waals surface area contributed by atoms with Crippen LogP contribution in [0.15, 0.2) is 42.5 Å². The van der Waals surface area contributed by atoms with Gasteiger partial charge in [0.2, 0.25) is 0 Å². The summed E-state index contributed by atoms with van der Waals surface area (Å²) in [5.74, 6) is 0. The standard InChI is InChI=1S/C18H25NO3/c1-4-21-17(22-5-2)18(20,13(3)19)16-12-8-10-14-9-6-7-11-15(14)16/h6-13,17,20H,4-5,19H2,1-3H3. The lowest BCUT2D eigenvalue weighted by molar-refractivity contribution is -0.245. The summed E-state index contributed by atoms with van der Waals surface area (Å²) in [5, 5.41) is 13.4. The Morgan fingerprint density at radius 1 is 1.05 bits per heavy atom. The molecule has 2 atom stereocenters. The SMILES string of the molecule is CCOC(OCC)C(O)(c1cccc2ccccc12)C(C)N. The zero-order valence-corrected chi connectivity index (χ0v) is 13.5. The van der Waals surface area contributed by atoms with Crippen LogP contribution in [0.1, 0.15) is 26.3 Å². The molecule has 0 aliphatic heterocycles. The molecule has 0 aliphatic carbocycles. The van der Waals surface area contributed by atoms with E-state index >= 15 is 0 Å². The predicted molar refractivity (Wildman–Crippen MR) is 88.5 cm³/mol. The average Bonchev–Trinajstić information content (AvgIpc) is 2.53. The van der Waals surface area contributed by atoms with Gasteiger partial charge in [-0.1, -0.05) is 42.5 Å². The van der Waals surface area contributed by atoms with Crippen LogP contribution < -0.4 is 5.73 Å². The van der Waals surface area contributed by atoms with Crippen molar-refractivity contribution in [2.45, 2.75) is 38.7 Å². The zero-order valence-electron chi connectivity index (χ0n) is 13.5. The average molecular weight is 303 g/mol. The third-order valence-electron chi connectivity index (χ3n) is 3.91. The Morgan fingerprint density at radius 3 is 2.23 bits per heavy atom. The molecular weight excluding hydrogens is 278 g/mol. The maximum absolute atomic E-state index is 11.4. The highest BCUT2D eigenvalue weighted by molar-refractivity contribution is 5.86. The number of benzene rings is 2. The van der Waals surface area contributed by atoms with Gasteiger partial charge in [-0.25, -0.2) is 0 Å². The van der Waals surface area contributed by atoms with Gasteiger partial charge in [0.05, 0.1) is 0 Å². The molecule has 2 aromatic rings. The van der Waals surface area contributed by atoms with Crippen molar-refractivity contribution in [1.82, 2.24) is 0 Å². The molecule has 0 aromatic heterocycles. The van der Waals surface area contributed by atoms with Gasteiger partial charge in [-0.05, 0) is 37.1 Å². The molecule has 120 valence electrons. The van der Waals surface area contributed by atoms with Crippen LogP contribution in [-0.2, 0) is 15.1 Å². The molecule has 2 aromatic carbocycles. The summed E-state index contributed by atoms with van der Waals surface area (Å²) in [6, 6.07) is 13.2. The van der Waals surface area contributed by atoms with Crippen LogP contribution in [0.2, 0.25) is 0 Å². The first-order valence-corrected chi connectivity index (χ1v) is 7.75. The third kappa shape index (κ3) is 3.01. The normalized spacial score (nSPS) is 15.9. The van der Waals surface area contributed by atoms with E-state index in [9.17, 15) is 5.11 Å². The third-order valence-corrected chi connectivity index (χ3v) is 3.91. The predicted octanol–water partition coefficient (Wildman–Crippen LogP) is 2.77. The number of nitrogens with two attached hydrogens (primary N) is 1. The van der Waals surface area contributed by atoms with Gasteiger partial charge < -0.3 is 20.3 Å². The summed E-state index contributed by atoms with van der Waals surface area (Å²) in [5.41, 5.74) is 5.45. The number of fused-ring (bicyclic) bond motifs is 1. The molecule has 0 amide bonds. The summed E-state index contributed by atoms with van der Waals surface area (Å²) in [7, 11) is 0. The highest BCUT2D eigenvalue weighted by Crippen LogP contribution is 2.35. The van der Waals surface area contributed by atoms with Gasteiger partial charge in [-0.2, -0.15) is 0 Å². The first-order valence-electron chi connectivity index (χ1n) is 7.75. The van der Waals surface area contributed by atoms with Gasteiger partial charge in [0.25, 0.3) is 0 Å². The van der Waals surface area contributed by atoms with Crippen molar-refractivity contribution in [3.63, 3.8) is 0 Å². The van der Waals surface area contributed by atoms with Crippen molar-refractivity contribution < 1.29 is 14.6 Å². The van der Waals surface area contributed by atoms with E-state index in [-0.39, 0.29) is 0 Å². The Morgan fingerprint density at radius 2 is 1.64 bits per heavy atom. The minimum absolute atomic E-state index is 0.435. The molecule has 0 spiro atoms. The number of rotatable bonds is 7. The van der Waals surface area contributed by atoms with Crippen molar-refractivity contribution in [1.29, 1.82) is 0 Å². The maximum atomic E-state index is 11.4. The monoisotopic (exact) mass is 303 g/mol. The second-order valence-corrected chi connectivity index (χ2v) is 5.38. The minimum Gasteiger partial charge on any atom is -0.378 e. The summed E-state index contributed by atoms with van der Waals surface area (Å²) < 4.78 is 11.3. The highest BCUT2D eigenvalue weighted by Gasteiger charge is 2.44. The lowest BCUT2D eigenvalue weighted by atomic mass is 9.83. The van der Waals surface area contributed by atoms with E-state index < -0.39 is 17.9 Å². The number of aliphatic hydroxyl groups is 1.